The number of Topliss-reactive ketones (excluding diaryl/α,β-unsaturated/α-hetero) is 1. The van der Waals surface area contributed by atoms with E-state index in [0.29, 0.717) is 27.9 Å². The van der Waals surface area contributed by atoms with Gasteiger partial charge in [-0.25, -0.2) is 5.01 Å². The van der Waals surface area contributed by atoms with E-state index in [2.05, 4.69) is 63.7 Å². The summed E-state index contributed by atoms with van der Waals surface area (Å²) >= 11 is 31.4. The lowest BCUT2D eigenvalue weighted by molar-refractivity contribution is 0.00527. The largest absolute Gasteiger partial charge is 0.292 e. The Morgan fingerprint density at radius 1 is 0.722 bits per heavy atom. The van der Waals surface area contributed by atoms with Gasteiger partial charge >= 0.3 is 0 Å². The van der Waals surface area contributed by atoms with Crippen LogP contribution in [0.5, 0.6) is 0 Å². The quantitative estimate of drug-likeness (QED) is 0.113. The predicted octanol–water partition coefficient (Wildman–Crippen LogP) is 8.23. The van der Waals surface area contributed by atoms with Crippen molar-refractivity contribution in [2.24, 2.45) is 0 Å². The Bertz CT molecular complexity index is 1430. The van der Waals surface area contributed by atoms with E-state index in [4.69, 9.17) is 34.8 Å². The summed E-state index contributed by atoms with van der Waals surface area (Å²) in [7, 11) is 0. The zero-order valence-corrected chi connectivity index (χ0v) is 26.0. The number of ketones is 1. The Labute approximate surface area is 253 Å². The molecule has 36 heavy (non-hydrogen) atoms. The third-order valence-corrected chi connectivity index (χ3v) is 10.9. The van der Waals surface area contributed by atoms with Crippen LogP contribution in [0.4, 0.5) is 0 Å². The molecule has 0 N–H and O–H groups in total. The van der Waals surface area contributed by atoms with Gasteiger partial charge in [0.05, 0.1) is 21.2 Å². The molecule has 0 saturated carbocycles. The lowest BCUT2D eigenvalue weighted by Crippen LogP contribution is -2.51. The first-order valence-corrected chi connectivity index (χ1v) is 14.0. The molecule has 0 aromatic heterocycles. The minimum Gasteiger partial charge on any atom is -0.292 e. The molecule has 3 aromatic rings. The van der Waals surface area contributed by atoms with E-state index < -0.39 is 30.0 Å². The number of rotatable bonds is 5. The SMILES string of the molecule is O=C(CN(C(=O)c1ccc(Cl)c(Cl)c1)N1C(=O)c2c(Br)c(Br)c(Br)c(Br)c2C1=O)c1ccc(Cl)cc1. The number of carbonyl (C=O) groups excluding carboxylic acids is 4. The maximum atomic E-state index is 13.6. The number of nitrogens with zero attached hydrogens (tertiary/aromatic N) is 2. The van der Waals surface area contributed by atoms with E-state index in [1.165, 1.54) is 42.5 Å². The van der Waals surface area contributed by atoms with Gasteiger partial charge in [0.15, 0.2) is 5.78 Å². The van der Waals surface area contributed by atoms with Gasteiger partial charge in [-0.05, 0) is 106 Å². The van der Waals surface area contributed by atoms with Gasteiger partial charge in [-0.15, -0.1) is 0 Å². The van der Waals surface area contributed by atoms with Crippen LogP contribution in [0, 0.1) is 0 Å². The highest BCUT2D eigenvalue weighted by Gasteiger charge is 2.46. The minimum atomic E-state index is -0.809. The van der Waals surface area contributed by atoms with Crippen molar-refractivity contribution >= 4 is 122 Å². The fourth-order valence-electron chi connectivity index (χ4n) is 3.43. The van der Waals surface area contributed by atoms with Crippen molar-refractivity contribution in [2.45, 2.75) is 0 Å². The van der Waals surface area contributed by atoms with Crippen LogP contribution in [0.2, 0.25) is 15.1 Å². The summed E-state index contributed by atoms with van der Waals surface area (Å²) < 4.78 is 1.57. The lowest BCUT2D eigenvalue weighted by atomic mass is 10.1. The number of hydrazine groups is 1. The second kappa shape index (κ2) is 10.8. The summed E-state index contributed by atoms with van der Waals surface area (Å²) in [6, 6.07) is 10.1. The Balaban J connectivity index is 1.83. The van der Waals surface area contributed by atoms with Gasteiger partial charge in [-0.1, -0.05) is 34.8 Å². The summed E-state index contributed by atoms with van der Waals surface area (Å²) in [5.74, 6) is -2.94. The molecule has 4 rings (SSSR count). The fraction of sp³-hybridized carbons (Fsp3) is 0.0435. The molecule has 0 atom stereocenters. The Morgan fingerprint density at radius 2 is 1.22 bits per heavy atom. The molecule has 0 unspecified atom stereocenters. The second-order valence-electron chi connectivity index (χ2n) is 7.35. The summed E-state index contributed by atoms with van der Waals surface area (Å²) in [6.45, 7) is -0.621. The summed E-state index contributed by atoms with van der Waals surface area (Å²) in [5.41, 5.74) is 0.293. The van der Waals surface area contributed by atoms with Crippen molar-refractivity contribution in [1.82, 2.24) is 10.0 Å². The van der Waals surface area contributed by atoms with Crippen LogP contribution in [0.3, 0.4) is 0 Å². The van der Waals surface area contributed by atoms with E-state index >= 15 is 0 Å². The van der Waals surface area contributed by atoms with Gasteiger partial charge in [-0.2, -0.15) is 5.01 Å². The van der Waals surface area contributed by atoms with Crippen molar-refractivity contribution < 1.29 is 19.2 Å². The lowest BCUT2D eigenvalue weighted by Gasteiger charge is -2.29. The monoisotopic (exact) mass is 798 g/mol. The van der Waals surface area contributed by atoms with E-state index in [1.54, 1.807) is 0 Å². The summed E-state index contributed by atoms with van der Waals surface area (Å²) in [6.07, 6.45) is 0. The van der Waals surface area contributed by atoms with E-state index in [0.717, 1.165) is 5.01 Å². The Morgan fingerprint density at radius 3 is 1.72 bits per heavy atom. The molecule has 1 aliphatic heterocycles. The van der Waals surface area contributed by atoms with Gasteiger partial charge < -0.3 is 0 Å². The fourth-order valence-corrected chi connectivity index (χ4v) is 6.31. The third kappa shape index (κ3) is 4.93. The number of fused-ring (bicyclic) bond motifs is 1. The number of imide groups is 1. The average molecular weight is 803 g/mol. The van der Waals surface area contributed by atoms with Gasteiger partial charge in [0.1, 0.15) is 6.54 Å². The second-order valence-corrected chi connectivity index (χ2v) is 11.8. The molecule has 3 amide bonds. The molecule has 6 nitrogen and oxygen atoms in total. The molecule has 13 heteroatoms. The highest BCUT2D eigenvalue weighted by atomic mass is 79.9. The molecule has 0 fully saturated rings. The topological polar surface area (TPSA) is 74.8 Å². The molecule has 0 aliphatic carbocycles. The predicted molar refractivity (Wildman–Crippen MR) is 151 cm³/mol. The molecule has 0 radical (unpaired) electrons. The summed E-state index contributed by atoms with van der Waals surface area (Å²) in [5, 5.41) is 2.16. The smallest absolute Gasteiger partial charge is 0.282 e. The highest BCUT2D eigenvalue weighted by Crippen LogP contribution is 2.45. The third-order valence-electron chi connectivity index (χ3n) is 5.18. The molecule has 1 heterocycles. The average Bonchev–Trinajstić information content (AvgIpc) is 3.11. The van der Waals surface area contributed by atoms with Gasteiger partial charge in [0.25, 0.3) is 17.7 Å². The zero-order chi connectivity index (χ0) is 26.5. The molecule has 184 valence electrons. The van der Waals surface area contributed by atoms with Crippen molar-refractivity contribution in [3.8, 4) is 0 Å². The molecule has 0 spiro atoms. The van der Waals surface area contributed by atoms with Crippen molar-refractivity contribution in [1.29, 1.82) is 0 Å². The van der Waals surface area contributed by atoms with Crippen LogP contribution >= 0.6 is 98.5 Å². The molecule has 0 bridgehead atoms. The Hall–Kier alpha value is -1.27. The maximum Gasteiger partial charge on any atom is 0.282 e. The number of carbonyl (C=O) groups is 4. The van der Waals surface area contributed by atoms with Gasteiger partial charge in [0.2, 0.25) is 0 Å². The first kappa shape index (κ1) is 27.8. The number of hydrogen-bond acceptors (Lipinski definition) is 4. The number of amides is 3. The van der Waals surface area contributed by atoms with E-state index in [9.17, 15) is 19.2 Å². The van der Waals surface area contributed by atoms with Crippen LogP contribution in [0.25, 0.3) is 0 Å². The number of hydrogen-bond donors (Lipinski definition) is 0. The number of halogens is 7. The molecule has 0 saturated heterocycles. The normalized spacial score (nSPS) is 12.7. The van der Waals surface area contributed by atoms with Crippen molar-refractivity contribution in [3.05, 3.63) is 97.7 Å². The van der Waals surface area contributed by atoms with Gasteiger partial charge in [0, 0.05) is 34.0 Å². The highest BCUT2D eigenvalue weighted by molar-refractivity contribution is 9.15. The van der Waals surface area contributed by atoms with Crippen LogP contribution in [-0.4, -0.2) is 40.1 Å². The molecule has 1 aliphatic rings. The van der Waals surface area contributed by atoms with Crippen LogP contribution in [-0.2, 0) is 0 Å². The maximum absolute atomic E-state index is 13.6. The van der Waals surface area contributed by atoms with Crippen LogP contribution in [0.15, 0.2) is 60.4 Å². The standard InChI is InChI=1S/C23H9Br4Cl3N2O4/c24-17-15-16(18(25)20(27)19(17)26)23(36)32(22(15)35)31(8-14(33)9-1-4-11(28)5-2-9)21(34)10-3-6-12(29)13(30)7-10/h1-7H,8H2. The van der Waals surface area contributed by atoms with Crippen molar-refractivity contribution in [2.75, 3.05) is 6.54 Å². The van der Waals surface area contributed by atoms with Crippen LogP contribution < -0.4 is 0 Å². The molecular formula is C23H9Br4Cl3N2O4. The van der Waals surface area contributed by atoms with Crippen LogP contribution in [0.1, 0.15) is 41.4 Å². The number of benzene rings is 3. The minimum absolute atomic E-state index is 0.0188. The summed E-state index contributed by atoms with van der Waals surface area (Å²) in [4.78, 5) is 53.9. The van der Waals surface area contributed by atoms with E-state index in [-0.39, 0.29) is 32.3 Å². The van der Waals surface area contributed by atoms with E-state index in [1.807, 2.05) is 0 Å². The Kier molecular flexibility index (Phi) is 8.36. The first-order chi connectivity index (χ1) is 16.9. The molecular weight excluding hydrogens is 794 g/mol. The van der Waals surface area contributed by atoms with Crippen molar-refractivity contribution in [3.63, 3.8) is 0 Å². The molecule has 3 aromatic carbocycles. The zero-order valence-electron chi connectivity index (χ0n) is 17.4. The van der Waals surface area contributed by atoms with Gasteiger partial charge in [-0.3, -0.25) is 19.2 Å². The first-order valence-electron chi connectivity index (χ1n) is 9.74.